The Morgan fingerprint density at radius 2 is 1.18 bits per heavy atom. The Hall–Kier alpha value is -8.76. The molecule has 550 valence electrons. The number of aliphatic hydroxyl groups is 1. The molecular weight excluding hydrogens is 1340 g/mol. The molecule has 4 heterocycles. The number of ether oxygens (including phenoxy) is 1. The third kappa shape index (κ3) is 25.8. The van der Waals surface area contributed by atoms with Crippen LogP contribution in [-0.2, 0) is 85.1 Å². The predicted octanol–water partition coefficient (Wildman–Crippen LogP) is -0.689. The maximum atomic E-state index is 15.1. The Kier molecular flexibility index (Phi) is 32.5. The molecule has 4 bridgehead atoms. The zero-order valence-electron chi connectivity index (χ0n) is 56.5. The van der Waals surface area contributed by atoms with E-state index in [1.807, 2.05) is 12.1 Å². The quantitative estimate of drug-likeness (QED) is 0.0982. The number of rotatable bonds is 15. The zero-order valence-corrected chi connectivity index (χ0v) is 58.1. The van der Waals surface area contributed by atoms with Gasteiger partial charge < -0.3 is 93.8 Å². The van der Waals surface area contributed by atoms with Crippen molar-refractivity contribution in [3.05, 3.63) is 59.2 Å². The van der Waals surface area contributed by atoms with Crippen LogP contribution in [-0.4, -0.2) is 224 Å². The summed E-state index contributed by atoms with van der Waals surface area (Å²) in [6, 6.07) is -4.10. The van der Waals surface area contributed by atoms with Crippen LogP contribution in [0.3, 0.4) is 0 Å². The number of nitrogens with zero attached hydrogens (tertiary/aromatic N) is 3. The van der Waals surface area contributed by atoms with Crippen LogP contribution >= 0.6 is 23.5 Å². The van der Waals surface area contributed by atoms with Crippen molar-refractivity contribution in [2.24, 2.45) is 22.5 Å². The minimum absolute atomic E-state index is 0.0176. The Morgan fingerprint density at radius 3 is 1.79 bits per heavy atom. The van der Waals surface area contributed by atoms with Crippen molar-refractivity contribution in [1.82, 2.24) is 52.3 Å². The number of oxime groups is 1. The molecular formula is C66H95N13O19S2. The Balaban J connectivity index is 1.42. The second-order valence-corrected chi connectivity index (χ2v) is 27.7. The van der Waals surface area contributed by atoms with Gasteiger partial charge in [0, 0.05) is 48.9 Å². The van der Waals surface area contributed by atoms with Crippen molar-refractivity contribution in [2.75, 3.05) is 44.4 Å². The molecule has 4 aliphatic rings. The number of primary amides is 1. The maximum Gasteiger partial charge on any atom is 0.305 e. The lowest BCUT2D eigenvalue weighted by Gasteiger charge is -2.32. The highest BCUT2D eigenvalue weighted by molar-refractivity contribution is 7.98. The maximum absolute atomic E-state index is 15.1. The number of nitrogens with one attached hydrogen (secondary N) is 8. The minimum atomic E-state index is -1.95. The first-order chi connectivity index (χ1) is 47.7. The monoisotopic (exact) mass is 1440 g/mol. The van der Waals surface area contributed by atoms with Gasteiger partial charge in [-0.3, -0.25) is 62.3 Å². The summed E-state index contributed by atoms with van der Waals surface area (Å²) in [5, 5.41) is 65.5. The number of thioether (sulfide) groups is 2. The van der Waals surface area contributed by atoms with Gasteiger partial charge in [-0.15, -0.1) is 0 Å². The third-order valence-corrected chi connectivity index (χ3v) is 19.2. The standard InChI is InChI=1S/C66H95N13O19S2/c1-37(2)26-46-60(90)72-48(31-55(85)86)62(92)77-56(38(3)80)66(96)79-23-11-14-52(79)64(94)74-47(30-39-15-17-42(81)18-16-39)61(91)71-45(19-20-54(83)84)59(89)75-49(57(68)87)35-99-33-40-27-41-29-43(28-40)97-24-8-4-5-9-25-98-69-32-53(82)70-44(12-6-7-21-67)58(88)76-50(36-100-34-41)65(95)78-22-10-13-51(78)63(93)73-46/h15-18,27-29,32,37-38,44-52,56,80-81H,4-14,19-26,30-31,33-36,67H2,1-3H3,(H2,68,87)(H,70,82)(H,71,91)(H,72,90)(H,73,93)(H,74,94)(H,75,89)(H,76,88)(H,77,92)(H,83,84)(H,85,86)/b69-32+/t38-,44+,45+,46+,47+,48+,49+,50+,51+,52+,56+/m1/s1. The van der Waals surface area contributed by atoms with E-state index in [-0.39, 0.29) is 99.4 Å². The van der Waals surface area contributed by atoms with Crippen LogP contribution in [0.5, 0.6) is 11.5 Å². The van der Waals surface area contributed by atoms with Crippen LogP contribution in [0.15, 0.2) is 47.6 Å². The van der Waals surface area contributed by atoms with Gasteiger partial charge in [-0.25, -0.2) is 0 Å². The number of nitrogens with two attached hydrogens (primary N) is 2. The van der Waals surface area contributed by atoms with E-state index in [2.05, 4.69) is 47.7 Å². The number of fused-ring (bicyclic) bond motifs is 7. The van der Waals surface area contributed by atoms with Gasteiger partial charge in [0.25, 0.3) is 5.91 Å². The largest absolute Gasteiger partial charge is 0.508 e. The summed E-state index contributed by atoms with van der Waals surface area (Å²) < 4.78 is 6.28. The average Bonchev–Trinajstić information content (AvgIpc) is 1.57. The molecule has 2 aromatic rings. The second kappa shape index (κ2) is 40.5. The summed E-state index contributed by atoms with van der Waals surface area (Å²) in [5.74, 6) is -13.0. The SMILES string of the molecule is CC(C)C[C@@H]1NC(=O)[C@@H]2CCCN2C(=O)[C@@H]2CSCc3cc(cc(c3)OCCCCCCO/N=C/C(=O)N[C@@H](CCCCN)C(=O)N2)CSC[C@@H](C(N)=O)NC(=O)[C@H](CCC(=O)O)NC(=O)[C@H](Cc2ccc(O)cc2)NC(=O)[C@@H]2CCCN2C(=O)[C@H]([C@@H](C)O)NC(=O)[C@H](CC(=O)O)NC1=O. The molecule has 16 N–H and O–H groups in total. The number of phenolic OH excluding ortho intramolecular Hbond substituents is 1. The minimum Gasteiger partial charge on any atom is -0.508 e. The number of carbonyl (C=O) groups is 13. The number of aliphatic carboxylic acids is 2. The number of phenols is 1. The lowest BCUT2D eigenvalue weighted by molar-refractivity contribution is -0.145. The molecule has 0 aromatic heterocycles. The molecule has 0 unspecified atom stereocenters. The molecule has 2 saturated heterocycles. The van der Waals surface area contributed by atoms with Crippen LogP contribution in [0.1, 0.15) is 134 Å². The molecule has 0 saturated carbocycles. The van der Waals surface area contributed by atoms with Crippen LogP contribution in [0.2, 0.25) is 0 Å². The molecule has 0 aliphatic carbocycles. The Morgan fingerprint density at radius 1 is 0.620 bits per heavy atom. The summed E-state index contributed by atoms with van der Waals surface area (Å²) in [6.07, 6.45) is 0.855. The fraction of sp³-hybridized carbons (Fsp3) is 0.606. The number of carboxylic acid groups (broad SMARTS) is 2. The lowest BCUT2D eigenvalue weighted by Crippen LogP contribution is -2.62. The number of benzene rings is 2. The highest BCUT2D eigenvalue weighted by Gasteiger charge is 2.44. The van der Waals surface area contributed by atoms with E-state index in [1.165, 1.54) is 52.7 Å². The van der Waals surface area contributed by atoms with Gasteiger partial charge in [0.1, 0.15) is 84.7 Å². The van der Waals surface area contributed by atoms with Crippen molar-refractivity contribution >= 4 is 107 Å². The van der Waals surface area contributed by atoms with Crippen molar-refractivity contribution in [3.63, 3.8) is 0 Å². The molecule has 11 amide bonds. The van der Waals surface area contributed by atoms with Gasteiger partial charge >= 0.3 is 11.9 Å². The van der Waals surface area contributed by atoms with Gasteiger partial charge in [0.2, 0.25) is 59.1 Å². The Labute approximate surface area is 587 Å². The Bertz CT molecular complexity index is 3240. The molecule has 100 heavy (non-hydrogen) atoms. The first-order valence-corrected chi connectivity index (χ1v) is 36.0. The molecule has 32 nitrogen and oxygen atoms in total. The van der Waals surface area contributed by atoms with E-state index in [0.717, 1.165) is 30.9 Å². The number of carbonyl (C=O) groups excluding carboxylic acids is 11. The summed E-state index contributed by atoms with van der Waals surface area (Å²) in [4.78, 5) is 189. The number of unbranched alkanes of at least 4 members (excludes halogenated alkanes) is 1. The molecule has 4 aliphatic heterocycles. The first-order valence-electron chi connectivity index (χ1n) is 33.7. The number of hydrogen-bond acceptors (Lipinski definition) is 21. The molecule has 0 radical (unpaired) electrons. The summed E-state index contributed by atoms with van der Waals surface area (Å²) in [7, 11) is 0. The van der Waals surface area contributed by atoms with Crippen molar-refractivity contribution in [3.8, 4) is 11.5 Å². The fourth-order valence-corrected chi connectivity index (χ4v) is 13.8. The van der Waals surface area contributed by atoms with E-state index < -0.39 is 163 Å². The predicted molar refractivity (Wildman–Crippen MR) is 366 cm³/mol. The topological polar surface area (TPSA) is 488 Å². The van der Waals surface area contributed by atoms with Gasteiger partial charge in [-0.1, -0.05) is 37.2 Å². The highest BCUT2D eigenvalue weighted by Crippen LogP contribution is 2.28. The number of carboxylic acids is 2. The van der Waals surface area contributed by atoms with Crippen LogP contribution in [0, 0.1) is 5.92 Å². The zero-order chi connectivity index (χ0) is 73.0. The molecule has 6 rings (SSSR count). The van der Waals surface area contributed by atoms with Crippen LogP contribution in [0.25, 0.3) is 0 Å². The van der Waals surface area contributed by atoms with E-state index in [1.54, 1.807) is 19.9 Å². The van der Waals surface area contributed by atoms with Gasteiger partial charge in [-0.2, -0.15) is 23.5 Å². The smallest absolute Gasteiger partial charge is 0.305 e. The lowest BCUT2D eigenvalue weighted by atomic mass is 10.0. The van der Waals surface area contributed by atoms with E-state index >= 15 is 4.79 Å². The van der Waals surface area contributed by atoms with E-state index in [4.69, 9.17) is 21.0 Å². The number of hydrogen-bond donors (Lipinski definition) is 14. The molecule has 34 heteroatoms. The second-order valence-electron chi connectivity index (χ2n) is 25.6. The summed E-state index contributed by atoms with van der Waals surface area (Å²) in [6.45, 7) is 5.27. The molecule has 2 fully saturated rings. The third-order valence-electron chi connectivity index (χ3n) is 17.0. The average molecular weight is 1440 g/mol. The molecule has 0 spiro atoms. The highest BCUT2D eigenvalue weighted by atomic mass is 32.2. The van der Waals surface area contributed by atoms with E-state index in [0.29, 0.717) is 61.2 Å². The summed E-state index contributed by atoms with van der Waals surface area (Å²) >= 11 is 2.43. The number of aliphatic hydroxyl groups excluding tert-OH is 1. The normalized spacial score (nSPS) is 26.1. The van der Waals surface area contributed by atoms with Gasteiger partial charge in [-0.05, 0) is 144 Å². The first kappa shape index (κ1) is 80.2. The van der Waals surface area contributed by atoms with Gasteiger partial charge in [0.05, 0.1) is 19.1 Å². The van der Waals surface area contributed by atoms with E-state index in [9.17, 15) is 78.0 Å². The van der Waals surface area contributed by atoms with Crippen molar-refractivity contribution in [2.45, 2.75) is 202 Å². The summed E-state index contributed by atoms with van der Waals surface area (Å²) in [5.41, 5.74) is 13.5. The van der Waals surface area contributed by atoms with Crippen molar-refractivity contribution in [1.29, 1.82) is 0 Å². The molecule has 2 aromatic carbocycles. The number of aromatic hydroxyl groups is 1. The van der Waals surface area contributed by atoms with Gasteiger partial charge in [0.15, 0.2) is 0 Å². The molecule has 11 atom stereocenters. The van der Waals surface area contributed by atoms with Crippen molar-refractivity contribution < 1.29 is 92.3 Å². The fourth-order valence-electron chi connectivity index (χ4n) is 11.8. The number of amides is 11. The van der Waals surface area contributed by atoms with Crippen LogP contribution in [0.4, 0.5) is 0 Å². The van der Waals surface area contributed by atoms with Crippen LogP contribution < -0.4 is 58.7 Å².